The largest absolute Gasteiger partial charge is 0.497 e. The van der Waals surface area contributed by atoms with Gasteiger partial charge in [0.25, 0.3) is 0 Å². The van der Waals surface area contributed by atoms with Crippen molar-refractivity contribution in [3.63, 3.8) is 0 Å². The van der Waals surface area contributed by atoms with Gasteiger partial charge in [-0.1, -0.05) is 18.3 Å². The smallest absolute Gasteiger partial charge is 0.235 e. The number of nitrogens with zero attached hydrogens (tertiary/aromatic N) is 4. The van der Waals surface area contributed by atoms with E-state index < -0.39 is 0 Å². The van der Waals surface area contributed by atoms with E-state index in [0.29, 0.717) is 0 Å². The summed E-state index contributed by atoms with van der Waals surface area (Å²) in [4.78, 5) is 0.836. The standard InChI is InChI=1S/C13H14N4OS2/c1-3-19-8-11-14-15-13-17(11)16-12(20-13)9-4-6-10(18-2)7-5-9/h4-7H,3,8H2,1-2H3. The zero-order valence-corrected chi connectivity index (χ0v) is 12.9. The molecule has 0 aliphatic carbocycles. The van der Waals surface area contributed by atoms with Crippen LogP contribution >= 0.6 is 23.1 Å². The van der Waals surface area contributed by atoms with E-state index >= 15 is 0 Å². The minimum Gasteiger partial charge on any atom is -0.497 e. The van der Waals surface area contributed by atoms with Gasteiger partial charge in [0.1, 0.15) is 10.8 Å². The third kappa shape index (κ3) is 2.51. The van der Waals surface area contributed by atoms with Gasteiger partial charge in [0.05, 0.1) is 12.9 Å². The van der Waals surface area contributed by atoms with Crippen LogP contribution in [-0.4, -0.2) is 32.7 Å². The minimum absolute atomic E-state index is 0.836. The van der Waals surface area contributed by atoms with E-state index in [1.807, 2.05) is 40.5 Å². The van der Waals surface area contributed by atoms with Gasteiger partial charge in [0, 0.05) is 5.56 Å². The molecule has 0 fully saturated rings. The molecule has 0 spiro atoms. The summed E-state index contributed by atoms with van der Waals surface area (Å²) in [6.45, 7) is 2.13. The highest BCUT2D eigenvalue weighted by Gasteiger charge is 2.12. The maximum Gasteiger partial charge on any atom is 0.235 e. The van der Waals surface area contributed by atoms with Crippen molar-refractivity contribution in [3.05, 3.63) is 30.1 Å². The Morgan fingerprint density at radius 2 is 2.05 bits per heavy atom. The van der Waals surface area contributed by atoms with E-state index in [0.717, 1.165) is 38.6 Å². The Kier molecular flexibility index (Phi) is 3.88. The molecule has 7 heteroatoms. The molecule has 0 radical (unpaired) electrons. The molecule has 0 N–H and O–H groups in total. The van der Waals surface area contributed by atoms with E-state index in [1.54, 1.807) is 18.4 Å². The maximum atomic E-state index is 5.17. The number of aromatic nitrogens is 4. The van der Waals surface area contributed by atoms with Crippen molar-refractivity contribution < 1.29 is 4.74 Å². The van der Waals surface area contributed by atoms with Crippen molar-refractivity contribution in [1.82, 2.24) is 19.8 Å². The first-order valence-electron chi connectivity index (χ1n) is 6.25. The van der Waals surface area contributed by atoms with Crippen LogP contribution in [0.1, 0.15) is 12.7 Å². The zero-order chi connectivity index (χ0) is 13.9. The van der Waals surface area contributed by atoms with Crippen molar-refractivity contribution in [1.29, 1.82) is 0 Å². The Bertz CT molecular complexity index is 705. The predicted molar refractivity (Wildman–Crippen MR) is 82.5 cm³/mol. The fourth-order valence-electron chi connectivity index (χ4n) is 1.79. The van der Waals surface area contributed by atoms with Crippen LogP contribution in [0.5, 0.6) is 5.75 Å². The molecule has 0 unspecified atom stereocenters. The third-order valence-electron chi connectivity index (χ3n) is 2.83. The Morgan fingerprint density at radius 3 is 2.75 bits per heavy atom. The Hall–Kier alpha value is -1.60. The van der Waals surface area contributed by atoms with Gasteiger partial charge in [-0.15, -0.1) is 10.2 Å². The van der Waals surface area contributed by atoms with Crippen molar-refractivity contribution >= 4 is 28.1 Å². The lowest BCUT2D eigenvalue weighted by atomic mass is 10.2. The molecule has 0 saturated carbocycles. The van der Waals surface area contributed by atoms with Crippen molar-refractivity contribution in [2.75, 3.05) is 12.9 Å². The van der Waals surface area contributed by atoms with E-state index in [4.69, 9.17) is 4.74 Å². The molecule has 2 aromatic heterocycles. The first-order valence-corrected chi connectivity index (χ1v) is 8.22. The number of fused-ring (bicyclic) bond motifs is 1. The van der Waals surface area contributed by atoms with Gasteiger partial charge in [-0.2, -0.15) is 21.4 Å². The molecule has 2 heterocycles. The van der Waals surface area contributed by atoms with E-state index in [-0.39, 0.29) is 0 Å². The van der Waals surface area contributed by atoms with Gasteiger partial charge >= 0.3 is 0 Å². The highest BCUT2D eigenvalue weighted by molar-refractivity contribution is 7.98. The van der Waals surface area contributed by atoms with Crippen LogP contribution in [0, 0.1) is 0 Å². The molecular weight excluding hydrogens is 292 g/mol. The molecular formula is C13H14N4OS2. The molecule has 0 atom stereocenters. The number of ether oxygens (including phenoxy) is 1. The molecule has 0 aliphatic heterocycles. The van der Waals surface area contributed by atoms with Gasteiger partial charge in [0.2, 0.25) is 4.96 Å². The summed E-state index contributed by atoms with van der Waals surface area (Å²) in [6, 6.07) is 7.88. The SMILES string of the molecule is CCSCc1nnc2sc(-c3ccc(OC)cc3)nn12. The lowest BCUT2D eigenvalue weighted by Crippen LogP contribution is -1.94. The van der Waals surface area contributed by atoms with Crippen molar-refractivity contribution in [2.45, 2.75) is 12.7 Å². The maximum absolute atomic E-state index is 5.17. The lowest BCUT2D eigenvalue weighted by molar-refractivity contribution is 0.415. The molecule has 0 aliphatic rings. The van der Waals surface area contributed by atoms with Crippen LogP contribution in [0.3, 0.4) is 0 Å². The summed E-state index contributed by atoms with van der Waals surface area (Å²) in [7, 11) is 1.66. The summed E-state index contributed by atoms with van der Waals surface area (Å²) in [6.07, 6.45) is 0. The van der Waals surface area contributed by atoms with Gasteiger partial charge in [0.15, 0.2) is 5.82 Å². The molecule has 1 aromatic carbocycles. The zero-order valence-electron chi connectivity index (χ0n) is 11.2. The average molecular weight is 306 g/mol. The normalized spacial score (nSPS) is 11.1. The first kappa shape index (κ1) is 13.4. The average Bonchev–Trinajstić information content (AvgIpc) is 3.06. The number of rotatable bonds is 5. The van der Waals surface area contributed by atoms with Crippen LogP contribution in [0.2, 0.25) is 0 Å². The summed E-state index contributed by atoms with van der Waals surface area (Å²) < 4.78 is 7.01. The van der Waals surface area contributed by atoms with Crippen LogP contribution in [0.25, 0.3) is 15.5 Å². The molecule has 0 amide bonds. The van der Waals surface area contributed by atoms with Gasteiger partial charge in [-0.25, -0.2) is 0 Å². The first-order chi connectivity index (χ1) is 9.81. The summed E-state index contributed by atoms with van der Waals surface area (Å²) in [5.41, 5.74) is 1.07. The summed E-state index contributed by atoms with van der Waals surface area (Å²) in [5, 5.41) is 13.9. The predicted octanol–water partition coefficient (Wildman–Crippen LogP) is 3.11. The van der Waals surface area contributed by atoms with E-state index in [1.165, 1.54) is 0 Å². The second kappa shape index (κ2) is 5.80. The van der Waals surface area contributed by atoms with Crippen LogP contribution in [-0.2, 0) is 5.75 Å². The van der Waals surface area contributed by atoms with Gasteiger partial charge < -0.3 is 4.74 Å². The number of methoxy groups -OCH3 is 1. The third-order valence-corrected chi connectivity index (χ3v) is 4.65. The lowest BCUT2D eigenvalue weighted by Gasteiger charge is -1.99. The quantitative estimate of drug-likeness (QED) is 0.725. The highest BCUT2D eigenvalue weighted by atomic mass is 32.2. The number of hydrogen-bond donors (Lipinski definition) is 0. The molecule has 3 aromatic rings. The van der Waals surface area contributed by atoms with Gasteiger partial charge in [-0.05, 0) is 30.0 Å². The highest BCUT2D eigenvalue weighted by Crippen LogP contribution is 2.27. The molecule has 5 nitrogen and oxygen atoms in total. The Morgan fingerprint density at radius 1 is 1.25 bits per heavy atom. The fraction of sp³-hybridized carbons (Fsp3) is 0.308. The van der Waals surface area contributed by atoms with Gasteiger partial charge in [-0.3, -0.25) is 0 Å². The van der Waals surface area contributed by atoms with Crippen molar-refractivity contribution in [2.24, 2.45) is 0 Å². The molecule has 0 saturated heterocycles. The molecule has 20 heavy (non-hydrogen) atoms. The molecule has 0 bridgehead atoms. The van der Waals surface area contributed by atoms with E-state index in [2.05, 4.69) is 22.2 Å². The monoisotopic (exact) mass is 306 g/mol. The summed E-state index contributed by atoms with van der Waals surface area (Å²) >= 11 is 3.36. The second-order valence-corrected chi connectivity index (χ2v) is 6.31. The molecule has 3 rings (SSSR count). The number of benzene rings is 1. The minimum atomic E-state index is 0.836. The molecule has 104 valence electrons. The number of hydrogen-bond acceptors (Lipinski definition) is 6. The van der Waals surface area contributed by atoms with E-state index in [9.17, 15) is 0 Å². The fourth-order valence-corrected chi connectivity index (χ4v) is 3.22. The van der Waals surface area contributed by atoms with Crippen LogP contribution < -0.4 is 4.74 Å². The second-order valence-electron chi connectivity index (χ2n) is 4.08. The van der Waals surface area contributed by atoms with Crippen LogP contribution in [0.4, 0.5) is 0 Å². The summed E-state index contributed by atoms with van der Waals surface area (Å²) in [5.74, 6) is 3.65. The Balaban J connectivity index is 1.93. The van der Waals surface area contributed by atoms with Crippen molar-refractivity contribution in [3.8, 4) is 16.3 Å². The van der Waals surface area contributed by atoms with Crippen LogP contribution in [0.15, 0.2) is 24.3 Å². The topological polar surface area (TPSA) is 52.3 Å². The Labute approximate surface area is 125 Å². The number of thioether (sulfide) groups is 1.